The molecule has 1 saturated heterocycles. The summed E-state index contributed by atoms with van der Waals surface area (Å²) in [5.41, 5.74) is 2.98. The molecule has 2 N–H and O–H groups in total. The molecule has 0 saturated carbocycles. The van der Waals surface area contributed by atoms with Gasteiger partial charge in [-0.1, -0.05) is 12.1 Å². The predicted molar refractivity (Wildman–Crippen MR) is 101 cm³/mol. The first-order valence-electron chi connectivity index (χ1n) is 8.41. The highest BCUT2D eigenvalue weighted by atomic mass is 16.1. The molecule has 1 aromatic heterocycles. The Morgan fingerprint density at radius 1 is 1.27 bits per heavy atom. The van der Waals surface area contributed by atoms with Crippen molar-refractivity contribution in [2.75, 3.05) is 37.6 Å². The Bertz CT molecular complexity index is 838. The minimum atomic E-state index is -0.0952. The molecule has 26 heavy (non-hydrogen) atoms. The van der Waals surface area contributed by atoms with Crippen LogP contribution in [-0.2, 0) is 4.79 Å². The predicted octanol–water partition coefficient (Wildman–Crippen LogP) is 1.95. The van der Waals surface area contributed by atoms with Gasteiger partial charge in [0.05, 0.1) is 30.2 Å². The summed E-state index contributed by atoms with van der Waals surface area (Å²) in [4.78, 5) is 22.3. The highest BCUT2D eigenvalue weighted by molar-refractivity contribution is 6.33. The van der Waals surface area contributed by atoms with Gasteiger partial charge in [-0.3, -0.25) is 15.1 Å². The third-order valence-electron chi connectivity index (χ3n) is 4.35. The van der Waals surface area contributed by atoms with Crippen molar-refractivity contribution in [3.63, 3.8) is 0 Å². The van der Waals surface area contributed by atoms with E-state index in [-0.39, 0.29) is 5.71 Å². The smallest absolute Gasteiger partial charge is 0.167 e. The summed E-state index contributed by atoms with van der Waals surface area (Å²) in [5, 5.41) is 16.1. The van der Waals surface area contributed by atoms with Crippen LogP contribution < -0.4 is 4.90 Å². The molecule has 132 valence electrons. The second-order valence-corrected chi connectivity index (χ2v) is 6.06. The maximum atomic E-state index is 10.4. The average Bonchev–Trinajstić information content (AvgIpc) is 3.16. The number of carbonyl (C=O) groups excluding carboxylic acids is 1. The lowest BCUT2D eigenvalue weighted by atomic mass is 10.1. The zero-order valence-electron chi connectivity index (χ0n) is 14.4. The van der Waals surface area contributed by atoms with Crippen molar-refractivity contribution in [3.8, 4) is 17.3 Å². The molecule has 1 fully saturated rings. The van der Waals surface area contributed by atoms with Gasteiger partial charge in [-0.2, -0.15) is 5.26 Å². The van der Waals surface area contributed by atoms with Crippen LogP contribution >= 0.6 is 0 Å². The Balaban J connectivity index is 1.64. The number of allylic oxidation sites excluding steroid dienone is 1. The van der Waals surface area contributed by atoms with Crippen LogP contribution in [0.15, 0.2) is 36.5 Å². The number of nitriles is 1. The Morgan fingerprint density at radius 2 is 2.00 bits per heavy atom. The second-order valence-electron chi connectivity index (χ2n) is 6.06. The molecule has 7 heteroatoms. The van der Waals surface area contributed by atoms with Crippen LogP contribution in [0.3, 0.4) is 0 Å². The van der Waals surface area contributed by atoms with Crippen LogP contribution in [-0.4, -0.2) is 59.6 Å². The molecular weight excluding hydrogens is 328 g/mol. The van der Waals surface area contributed by atoms with Gasteiger partial charge in [-0.25, -0.2) is 4.98 Å². The number of nitrogens with zero attached hydrogens (tertiary/aromatic N) is 4. The molecule has 0 unspecified atom stereocenters. The minimum Gasteiger partial charge on any atom is -0.369 e. The molecule has 2 heterocycles. The van der Waals surface area contributed by atoms with E-state index < -0.39 is 0 Å². The first-order chi connectivity index (χ1) is 12.7. The van der Waals surface area contributed by atoms with Gasteiger partial charge in [0.15, 0.2) is 6.29 Å². The van der Waals surface area contributed by atoms with E-state index in [0.29, 0.717) is 18.7 Å². The van der Waals surface area contributed by atoms with E-state index in [2.05, 4.69) is 38.0 Å². The molecule has 0 radical (unpaired) electrons. The van der Waals surface area contributed by atoms with E-state index in [0.717, 1.165) is 37.4 Å². The summed E-state index contributed by atoms with van der Waals surface area (Å²) in [6.07, 6.45) is 5.24. The van der Waals surface area contributed by atoms with E-state index in [4.69, 9.17) is 10.7 Å². The van der Waals surface area contributed by atoms with Crippen molar-refractivity contribution < 1.29 is 4.79 Å². The van der Waals surface area contributed by atoms with Gasteiger partial charge in [0.25, 0.3) is 0 Å². The highest BCUT2D eigenvalue weighted by Gasteiger charge is 2.16. The van der Waals surface area contributed by atoms with Gasteiger partial charge in [-0.05, 0) is 29.8 Å². The zero-order valence-corrected chi connectivity index (χ0v) is 14.4. The first-order valence-corrected chi connectivity index (χ1v) is 8.41. The lowest BCUT2D eigenvalue weighted by Crippen LogP contribution is -2.46. The SMILES string of the molecule is N#CCN1CCN(c2ccc(-c3cnc(/C=C\C(=N)C=O)[nH]3)cc2)CC1. The largest absolute Gasteiger partial charge is 0.369 e. The van der Waals surface area contributed by atoms with Crippen molar-refractivity contribution in [2.45, 2.75) is 0 Å². The number of aromatic amines is 1. The van der Waals surface area contributed by atoms with Crippen molar-refractivity contribution in [3.05, 3.63) is 42.4 Å². The van der Waals surface area contributed by atoms with Crippen molar-refractivity contribution >= 4 is 23.8 Å². The lowest BCUT2D eigenvalue weighted by Gasteiger charge is -2.35. The third-order valence-corrected chi connectivity index (χ3v) is 4.35. The third kappa shape index (κ3) is 4.23. The molecule has 0 atom stereocenters. The van der Waals surface area contributed by atoms with Gasteiger partial charge in [0, 0.05) is 31.9 Å². The minimum absolute atomic E-state index is 0.0952. The Hall–Kier alpha value is -3.24. The fraction of sp³-hybridized carbons (Fsp3) is 0.263. The summed E-state index contributed by atoms with van der Waals surface area (Å²) < 4.78 is 0. The van der Waals surface area contributed by atoms with E-state index in [1.54, 1.807) is 12.3 Å². The van der Waals surface area contributed by atoms with Crippen molar-refractivity contribution in [1.29, 1.82) is 10.7 Å². The molecule has 0 bridgehead atoms. The number of hydrogen-bond donors (Lipinski definition) is 2. The molecule has 2 aromatic rings. The Labute approximate surface area is 152 Å². The molecule has 0 spiro atoms. The number of carbonyl (C=O) groups is 1. The summed E-state index contributed by atoms with van der Waals surface area (Å²) in [6.45, 7) is 4.14. The number of nitrogens with one attached hydrogen (secondary N) is 2. The van der Waals surface area contributed by atoms with Crippen LogP contribution in [0.2, 0.25) is 0 Å². The number of aldehydes is 1. The lowest BCUT2D eigenvalue weighted by molar-refractivity contribution is -0.102. The molecule has 0 aliphatic carbocycles. The molecule has 7 nitrogen and oxygen atoms in total. The number of piperazine rings is 1. The number of rotatable bonds is 6. The van der Waals surface area contributed by atoms with Crippen LogP contribution in [0.25, 0.3) is 17.3 Å². The Kier molecular flexibility index (Phi) is 5.56. The van der Waals surface area contributed by atoms with Gasteiger partial charge in [0.1, 0.15) is 5.82 Å². The number of benzene rings is 1. The van der Waals surface area contributed by atoms with E-state index in [1.165, 1.54) is 11.8 Å². The van der Waals surface area contributed by atoms with E-state index in [9.17, 15) is 4.79 Å². The number of H-pyrrole nitrogens is 1. The molecule has 1 aliphatic heterocycles. The maximum Gasteiger partial charge on any atom is 0.167 e. The van der Waals surface area contributed by atoms with Crippen molar-refractivity contribution in [1.82, 2.24) is 14.9 Å². The molecule has 0 amide bonds. The van der Waals surface area contributed by atoms with E-state index >= 15 is 0 Å². The summed E-state index contributed by atoms with van der Waals surface area (Å²) in [6, 6.07) is 10.5. The fourth-order valence-electron chi connectivity index (χ4n) is 2.89. The van der Waals surface area contributed by atoms with Gasteiger partial charge in [-0.15, -0.1) is 0 Å². The Morgan fingerprint density at radius 3 is 2.65 bits per heavy atom. The topological polar surface area (TPSA) is 99.9 Å². The summed E-state index contributed by atoms with van der Waals surface area (Å²) in [7, 11) is 0. The first kappa shape index (κ1) is 17.6. The van der Waals surface area contributed by atoms with Crippen LogP contribution in [0.5, 0.6) is 0 Å². The number of aromatic nitrogens is 2. The average molecular weight is 348 g/mol. The number of hydrogen-bond acceptors (Lipinski definition) is 6. The molecular formula is C19H20N6O. The highest BCUT2D eigenvalue weighted by Crippen LogP contribution is 2.23. The zero-order chi connectivity index (χ0) is 18.4. The van der Waals surface area contributed by atoms with Gasteiger partial charge in [0.2, 0.25) is 0 Å². The molecule has 1 aliphatic rings. The second kappa shape index (κ2) is 8.23. The van der Waals surface area contributed by atoms with Crippen molar-refractivity contribution in [2.24, 2.45) is 0 Å². The number of anilines is 1. The maximum absolute atomic E-state index is 10.4. The summed E-state index contributed by atoms with van der Waals surface area (Å²) in [5.74, 6) is 0.601. The van der Waals surface area contributed by atoms with E-state index in [1.807, 2.05) is 12.1 Å². The fourth-order valence-corrected chi connectivity index (χ4v) is 2.89. The van der Waals surface area contributed by atoms with Gasteiger partial charge < -0.3 is 9.88 Å². The van der Waals surface area contributed by atoms with Crippen LogP contribution in [0, 0.1) is 16.7 Å². The number of imidazole rings is 1. The normalized spacial score (nSPS) is 15.1. The van der Waals surface area contributed by atoms with Crippen LogP contribution in [0.4, 0.5) is 5.69 Å². The standard InChI is InChI=1S/C19H20N6O/c20-7-8-24-9-11-25(12-10-24)17-4-1-15(2-5-17)18-13-22-19(23-18)6-3-16(21)14-26/h1-6,13-14,21H,8-12H2,(H,22,23)/b6-3-,21-16?. The van der Waals surface area contributed by atoms with Gasteiger partial charge >= 0.3 is 0 Å². The van der Waals surface area contributed by atoms with Crippen LogP contribution in [0.1, 0.15) is 5.82 Å². The quantitative estimate of drug-likeness (QED) is 0.472. The summed E-state index contributed by atoms with van der Waals surface area (Å²) >= 11 is 0. The molecule has 3 rings (SSSR count). The monoisotopic (exact) mass is 348 g/mol. The molecule has 1 aromatic carbocycles.